The lowest BCUT2D eigenvalue weighted by Gasteiger charge is -2.05. The van der Waals surface area contributed by atoms with E-state index in [1.807, 2.05) is 25.1 Å². The predicted molar refractivity (Wildman–Crippen MR) is 77.4 cm³/mol. The molecule has 0 bridgehead atoms. The van der Waals surface area contributed by atoms with Crippen molar-refractivity contribution in [3.8, 4) is 0 Å². The molecule has 2 aromatic rings. The van der Waals surface area contributed by atoms with Crippen LogP contribution in [0.5, 0.6) is 0 Å². The zero-order valence-electron chi connectivity index (χ0n) is 11.4. The van der Waals surface area contributed by atoms with Gasteiger partial charge in [-0.3, -0.25) is 0 Å². The average molecular weight is 269 g/mol. The first kappa shape index (κ1) is 13.8. The summed E-state index contributed by atoms with van der Waals surface area (Å²) in [6.45, 7) is 1.88. The van der Waals surface area contributed by atoms with Gasteiger partial charge in [0, 0.05) is 17.2 Å². The van der Waals surface area contributed by atoms with Gasteiger partial charge >= 0.3 is 5.97 Å². The number of esters is 1. The lowest BCUT2D eigenvalue weighted by molar-refractivity contribution is -0.355. The molecule has 2 rings (SSSR count). The number of hydrogen-bond donors (Lipinski definition) is 0. The molecule has 4 nitrogen and oxygen atoms in total. The van der Waals surface area contributed by atoms with Crippen LogP contribution in [0.4, 0.5) is 5.69 Å². The second-order valence-electron chi connectivity index (χ2n) is 4.35. The Morgan fingerprint density at radius 3 is 2.40 bits per heavy atom. The van der Waals surface area contributed by atoms with Crippen LogP contribution in [0.15, 0.2) is 48.5 Å². The highest BCUT2D eigenvalue weighted by atomic mass is 16.5. The van der Waals surface area contributed by atoms with Crippen LogP contribution in [0.1, 0.15) is 21.5 Å². The first-order valence-corrected chi connectivity index (χ1v) is 6.17. The van der Waals surface area contributed by atoms with E-state index < -0.39 is 5.97 Å². The van der Waals surface area contributed by atoms with Gasteiger partial charge in [-0.05, 0) is 31.2 Å². The Hall–Kier alpha value is -2.62. The number of aryl methyl sites for hydroxylation is 1. The second kappa shape index (κ2) is 6.02. The second-order valence-corrected chi connectivity index (χ2v) is 4.35. The minimum atomic E-state index is -0.394. The number of para-hydroxylation sites is 1. The van der Waals surface area contributed by atoms with E-state index in [1.54, 1.807) is 30.3 Å². The van der Waals surface area contributed by atoms with Crippen LogP contribution in [-0.2, 0) is 4.74 Å². The van der Waals surface area contributed by atoms with Crippen LogP contribution >= 0.6 is 0 Å². The molecule has 0 fully saturated rings. The first-order valence-electron chi connectivity index (χ1n) is 6.17. The van der Waals surface area contributed by atoms with Gasteiger partial charge in [0.05, 0.1) is 12.7 Å². The van der Waals surface area contributed by atoms with Crippen molar-refractivity contribution in [2.24, 2.45) is 0 Å². The Labute approximate surface area is 117 Å². The van der Waals surface area contributed by atoms with E-state index in [1.165, 1.54) is 13.3 Å². The van der Waals surface area contributed by atoms with Crippen molar-refractivity contribution in [3.63, 3.8) is 0 Å². The number of hydrogen-bond acceptors (Lipinski definition) is 3. The quantitative estimate of drug-likeness (QED) is 0.283. The third kappa shape index (κ3) is 3.03. The molecule has 20 heavy (non-hydrogen) atoms. The minimum absolute atomic E-state index is 0.394. The topological polar surface area (TPSA) is 52.4 Å². The largest absolute Gasteiger partial charge is 0.618 e. The molecular weight excluding hydrogens is 254 g/mol. The van der Waals surface area contributed by atoms with E-state index in [2.05, 4.69) is 4.74 Å². The fraction of sp³-hybridized carbons (Fsp3) is 0.125. The zero-order valence-corrected chi connectivity index (χ0v) is 11.4. The number of methoxy groups -OCH3 is 1. The van der Waals surface area contributed by atoms with E-state index in [4.69, 9.17) is 0 Å². The van der Waals surface area contributed by atoms with Gasteiger partial charge in [-0.1, -0.05) is 18.2 Å². The lowest BCUT2D eigenvalue weighted by Crippen LogP contribution is -2.03. The molecule has 0 aromatic heterocycles. The van der Waals surface area contributed by atoms with Gasteiger partial charge in [-0.2, -0.15) is 4.74 Å². The Kier molecular flexibility index (Phi) is 4.15. The molecule has 0 saturated heterocycles. The van der Waals surface area contributed by atoms with Crippen LogP contribution in [0.3, 0.4) is 0 Å². The predicted octanol–water partition coefficient (Wildman–Crippen LogP) is 3.04. The third-order valence-corrected chi connectivity index (χ3v) is 2.95. The van der Waals surface area contributed by atoms with E-state index >= 15 is 0 Å². The molecule has 0 aliphatic heterocycles. The van der Waals surface area contributed by atoms with Gasteiger partial charge in [0.25, 0.3) is 0 Å². The van der Waals surface area contributed by atoms with Crippen molar-refractivity contribution >= 4 is 17.9 Å². The summed E-state index contributed by atoms with van der Waals surface area (Å²) in [4.78, 5) is 11.3. The van der Waals surface area contributed by atoms with Crippen LogP contribution in [0.25, 0.3) is 0 Å². The monoisotopic (exact) mass is 269 g/mol. The molecule has 0 heterocycles. The van der Waals surface area contributed by atoms with E-state index in [9.17, 15) is 10.0 Å². The molecular formula is C16H15NO3. The van der Waals surface area contributed by atoms with Gasteiger partial charge in [0.15, 0.2) is 6.21 Å². The van der Waals surface area contributed by atoms with Crippen molar-refractivity contribution in [2.45, 2.75) is 6.92 Å². The van der Waals surface area contributed by atoms with Crippen molar-refractivity contribution in [1.82, 2.24) is 0 Å². The molecule has 102 valence electrons. The fourth-order valence-electron chi connectivity index (χ4n) is 1.84. The summed E-state index contributed by atoms with van der Waals surface area (Å²) in [5.74, 6) is -0.394. The molecule has 0 atom stereocenters. The number of carbonyl (C=O) groups excluding carboxylic acids is 1. The van der Waals surface area contributed by atoms with Crippen LogP contribution < -0.4 is 0 Å². The molecule has 0 unspecified atom stereocenters. The van der Waals surface area contributed by atoms with Gasteiger partial charge in [0.1, 0.15) is 0 Å². The van der Waals surface area contributed by atoms with Gasteiger partial charge in [0.2, 0.25) is 5.69 Å². The zero-order chi connectivity index (χ0) is 14.5. The molecule has 0 amide bonds. The highest BCUT2D eigenvalue weighted by molar-refractivity contribution is 5.90. The smallest absolute Gasteiger partial charge is 0.337 e. The molecule has 4 heteroatoms. The minimum Gasteiger partial charge on any atom is -0.618 e. The van der Waals surface area contributed by atoms with E-state index in [0.29, 0.717) is 11.3 Å². The first-order chi connectivity index (χ1) is 9.61. The summed E-state index contributed by atoms with van der Waals surface area (Å²) in [5.41, 5.74) is 2.68. The average Bonchev–Trinajstić information content (AvgIpc) is 2.47. The van der Waals surface area contributed by atoms with Crippen molar-refractivity contribution in [1.29, 1.82) is 0 Å². The maximum absolute atomic E-state index is 12.1. The summed E-state index contributed by atoms with van der Waals surface area (Å²) < 4.78 is 5.44. The van der Waals surface area contributed by atoms with Crippen LogP contribution in [0, 0.1) is 12.1 Å². The Balaban J connectivity index is 2.27. The molecule has 0 saturated carbocycles. The maximum Gasteiger partial charge on any atom is 0.337 e. The van der Waals surface area contributed by atoms with E-state index in [0.717, 1.165) is 15.9 Å². The summed E-state index contributed by atoms with van der Waals surface area (Å²) in [7, 11) is 1.33. The molecule has 0 aliphatic rings. The molecule has 2 aromatic carbocycles. The van der Waals surface area contributed by atoms with Gasteiger partial charge < -0.3 is 9.94 Å². The molecule has 0 spiro atoms. The number of ether oxygens (including phenoxy) is 1. The maximum atomic E-state index is 12.1. The molecule has 0 N–H and O–H groups in total. The Morgan fingerprint density at radius 1 is 1.15 bits per heavy atom. The van der Waals surface area contributed by atoms with Crippen molar-refractivity contribution in [2.75, 3.05) is 7.11 Å². The number of nitrogens with zero attached hydrogens (tertiary/aromatic N) is 1. The molecule has 0 radical (unpaired) electrons. The van der Waals surface area contributed by atoms with Gasteiger partial charge in [-0.15, -0.1) is 0 Å². The number of carbonyl (C=O) groups is 1. The summed E-state index contributed by atoms with van der Waals surface area (Å²) in [6.07, 6.45) is 1.48. The SMILES string of the molecule is COC(=O)c1ccc(/C=[N+](\[O-])c2ccccc2C)cc1. The summed E-state index contributed by atoms with van der Waals surface area (Å²) in [5, 5.41) is 12.1. The normalized spacial score (nSPS) is 11.2. The Bertz CT molecular complexity index is 645. The van der Waals surface area contributed by atoms with Crippen LogP contribution in [-0.4, -0.2) is 24.0 Å². The Morgan fingerprint density at radius 2 is 1.80 bits per heavy atom. The van der Waals surface area contributed by atoms with Crippen molar-refractivity contribution in [3.05, 3.63) is 70.4 Å². The number of rotatable bonds is 3. The van der Waals surface area contributed by atoms with Crippen LogP contribution in [0.2, 0.25) is 0 Å². The standard InChI is InChI=1S/C16H15NO3/c1-12-5-3-4-6-15(12)17(19)11-13-7-9-14(10-8-13)16(18)20-2/h3-11H,1-2H3/b17-11-. The highest BCUT2D eigenvalue weighted by Crippen LogP contribution is 2.16. The van der Waals surface area contributed by atoms with E-state index in [-0.39, 0.29) is 0 Å². The fourth-order valence-corrected chi connectivity index (χ4v) is 1.84. The van der Waals surface area contributed by atoms with Crippen molar-refractivity contribution < 1.29 is 14.3 Å². The summed E-state index contributed by atoms with van der Waals surface area (Å²) >= 11 is 0. The number of benzene rings is 2. The summed E-state index contributed by atoms with van der Waals surface area (Å²) in [6, 6.07) is 14.0. The third-order valence-electron chi connectivity index (χ3n) is 2.95. The lowest BCUT2D eigenvalue weighted by atomic mass is 10.1. The molecule has 0 aliphatic carbocycles. The highest BCUT2D eigenvalue weighted by Gasteiger charge is 2.07. The van der Waals surface area contributed by atoms with Gasteiger partial charge in [-0.25, -0.2) is 4.79 Å².